The summed E-state index contributed by atoms with van der Waals surface area (Å²) < 4.78 is 2.29. The first-order valence-corrected chi connectivity index (χ1v) is 6.96. The zero-order valence-electron chi connectivity index (χ0n) is 11.3. The smallest absolute Gasteiger partial charge is 0.203 e. The zero-order valence-corrected chi connectivity index (χ0v) is 11.3. The Balaban J connectivity index is 1.84. The standard InChI is InChI=1S/C14H25N3/c1-11(2)5-4-6-12(3)17-10-9-15-14(17)16-13-7-8-13/h9-13H,4-8H2,1-3H3,(H,15,16). The van der Waals surface area contributed by atoms with Crippen molar-refractivity contribution in [3.63, 3.8) is 0 Å². The molecule has 0 aromatic carbocycles. The summed E-state index contributed by atoms with van der Waals surface area (Å²) in [4.78, 5) is 4.41. The lowest BCUT2D eigenvalue weighted by molar-refractivity contribution is 0.449. The lowest BCUT2D eigenvalue weighted by Crippen LogP contribution is -2.12. The van der Waals surface area contributed by atoms with Gasteiger partial charge in [0, 0.05) is 24.5 Å². The number of aromatic nitrogens is 2. The van der Waals surface area contributed by atoms with Gasteiger partial charge in [0.15, 0.2) is 0 Å². The molecule has 0 spiro atoms. The van der Waals surface area contributed by atoms with Crippen molar-refractivity contribution >= 4 is 5.95 Å². The average Bonchev–Trinajstić information content (AvgIpc) is 2.94. The molecule has 1 atom stereocenters. The van der Waals surface area contributed by atoms with Gasteiger partial charge >= 0.3 is 0 Å². The molecule has 2 rings (SSSR count). The molecule has 1 saturated carbocycles. The van der Waals surface area contributed by atoms with Gasteiger partial charge in [-0.1, -0.05) is 26.7 Å². The van der Waals surface area contributed by atoms with Gasteiger partial charge in [-0.05, 0) is 32.1 Å². The SMILES string of the molecule is CC(C)CCCC(C)n1ccnc1NC1CC1. The van der Waals surface area contributed by atoms with E-state index in [1.807, 2.05) is 6.20 Å². The quantitative estimate of drug-likeness (QED) is 0.778. The molecule has 0 saturated heterocycles. The maximum Gasteiger partial charge on any atom is 0.203 e. The van der Waals surface area contributed by atoms with Crippen LogP contribution in [0.2, 0.25) is 0 Å². The minimum absolute atomic E-state index is 0.553. The van der Waals surface area contributed by atoms with E-state index < -0.39 is 0 Å². The van der Waals surface area contributed by atoms with Gasteiger partial charge in [-0.25, -0.2) is 4.98 Å². The molecule has 1 aromatic heterocycles. The van der Waals surface area contributed by atoms with Crippen molar-refractivity contribution in [2.45, 2.75) is 65.0 Å². The predicted molar refractivity (Wildman–Crippen MR) is 72.3 cm³/mol. The van der Waals surface area contributed by atoms with Crippen LogP contribution in [-0.4, -0.2) is 15.6 Å². The van der Waals surface area contributed by atoms with Gasteiger partial charge in [0.05, 0.1) is 0 Å². The van der Waals surface area contributed by atoms with E-state index in [9.17, 15) is 0 Å². The predicted octanol–water partition coefficient (Wildman–Crippen LogP) is 3.84. The molecule has 1 aliphatic rings. The molecular formula is C14H25N3. The van der Waals surface area contributed by atoms with Crippen molar-refractivity contribution in [2.75, 3.05) is 5.32 Å². The molecule has 0 radical (unpaired) electrons. The van der Waals surface area contributed by atoms with Gasteiger partial charge < -0.3 is 9.88 Å². The van der Waals surface area contributed by atoms with E-state index in [4.69, 9.17) is 0 Å². The van der Waals surface area contributed by atoms with Gasteiger partial charge in [-0.3, -0.25) is 0 Å². The molecule has 3 heteroatoms. The van der Waals surface area contributed by atoms with Crippen molar-refractivity contribution in [1.82, 2.24) is 9.55 Å². The number of rotatable bonds is 7. The summed E-state index contributed by atoms with van der Waals surface area (Å²) in [5.41, 5.74) is 0. The van der Waals surface area contributed by atoms with E-state index in [0.717, 1.165) is 11.9 Å². The van der Waals surface area contributed by atoms with Crippen LogP contribution in [0.5, 0.6) is 0 Å². The summed E-state index contributed by atoms with van der Waals surface area (Å²) in [7, 11) is 0. The summed E-state index contributed by atoms with van der Waals surface area (Å²) in [5.74, 6) is 1.87. The second kappa shape index (κ2) is 5.56. The molecule has 17 heavy (non-hydrogen) atoms. The van der Waals surface area contributed by atoms with Crippen LogP contribution < -0.4 is 5.32 Å². The molecule has 1 aromatic rings. The van der Waals surface area contributed by atoms with E-state index in [1.165, 1.54) is 32.1 Å². The largest absolute Gasteiger partial charge is 0.353 e. The third kappa shape index (κ3) is 3.76. The highest BCUT2D eigenvalue weighted by Crippen LogP contribution is 2.26. The van der Waals surface area contributed by atoms with Crippen LogP contribution in [-0.2, 0) is 0 Å². The third-order valence-corrected chi connectivity index (χ3v) is 3.46. The van der Waals surface area contributed by atoms with Crippen molar-refractivity contribution in [2.24, 2.45) is 5.92 Å². The zero-order chi connectivity index (χ0) is 12.3. The molecule has 96 valence electrons. The van der Waals surface area contributed by atoms with E-state index in [2.05, 4.69) is 41.8 Å². The van der Waals surface area contributed by atoms with E-state index in [0.29, 0.717) is 12.1 Å². The minimum atomic E-state index is 0.553. The second-order valence-corrected chi connectivity index (χ2v) is 5.75. The first kappa shape index (κ1) is 12.5. The highest BCUT2D eigenvalue weighted by atomic mass is 15.2. The van der Waals surface area contributed by atoms with Crippen LogP contribution >= 0.6 is 0 Å². The molecule has 0 aliphatic heterocycles. The van der Waals surface area contributed by atoms with E-state index in [-0.39, 0.29) is 0 Å². The van der Waals surface area contributed by atoms with Crippen LogP contribution in [0.25, 0.3) is 0 Å². The first-order chi connectivity index (χ1) is 8.16. The Morgan fingerprint density at radius 1 is 1.35 bits per heavy atom. The van der Waals surface area contributed by atoms with Crippen LogP contribution in [0.15, 0.2) is 12.4 Å². The number of anilines is 1. The Bertz CT molecular complexity index is 339. The molecule has 1 fully saturated rings. The van der Waals surface area contributed by atoms with Crippen molar-refractivity contribution in [1.29, 1.82) is 0 Å². The van der Waals surface area contributed by atoms with Gasteiger partial charge in [0.2, 0.25) is 5.95 Å². The highest BCUT2D eigenvalue weighted by molar-refractivity contribution is 5.30. The molecule has 3 nitrogen and oxygen atoms in total. The van der Waals surface area contributed by atoms with Crippen LogP contribution in [0.3, 0.4) is 0 Å². The fourth-order valence-corrected chi connectivity index (χ4v) is 2.15. The summed E-state index contributed by atoms with van der Waals surface area (Å²) >= 11 is 0. The number of hydrogen-bond donors (Lipinski definition) is 1. The highest BCUT2D eigenvalue weighted by Gasteiger charge is 2.23. The van der Waals surface area contributed by atoms with Crippen LogP contribution in [0, 0.1) is 5.92 Å². The van der Waals surface area contributed by atoms with Crippen LogP contribution in [0.1, 0.15) is 58.9 Å². The Kier molecular flexibility index (Phi) is 4.08. The first-order valence-electron chi connectivity index (χ1n) is 6.96. The maximum atomic E-state index is 4.41. The van der Waals surface area contributed by atoms with Crippen molar-refractivity contribution in [3.05, 3.63) is 12.4 Å². The molecule has 1 aliphatic carbocycles. The lowest BCUT2D eigenvalue weighted by Gasteiger charge is -2.17. The number of nitrogens with zero attached hydrogens (tertiary/aromatic N) is 2. The Labute approximate surface area is 105 Å². The molecule has 1 heterocycles. The third-order valence-electron chi connectivity index (χ3n) is 3.46. The fraction of sp³-hybridized carbons (Fsp3) is 0.786. The van der Waals surface area contributed by atoms with Gasteiger partial charge in [-0.2, -0.15) is 0 Å². The Morgan fingerprint density at radius 3 is 2.76 bits per heavy atom. The van der Waals surface area contributed by atoms with Crippen molar-refractivity contribution < 1.29 is 0 Å². The van der Waals surface area contributed by atoms with Gasteiger partial charge in [-0.15, -0.1) is 0 Å². The average molecular weight is 235 g/mol. The second-order valence-electron chi connectivity index (χ2n) is 5.75. The van der Waals surface area contributed by atoms with E-state index in [1.54, 1.807) is 0 Å². The molecule has 1 N–H and O–H groups in total. The van der Waals surface area contributed by atoms with Crippen molar-refractivity contribution in [3.8, 4) is 0 Å². The molecule has 0 bridgehead atoms. The Morgan fingerprint density at radius 2 is 2.12 bits per heavy atom. The summed E-state index contributed by atoms with van der Waals surface area (Å²) in [5, 5.41) is 3.50. The molecule has 0 amide bonds. The topological polar surface area (TPSA) is 29.9 Å². The lowest BCUT2D eigenvalue weighted by atomic mass is 10.0. The maximum absolute atomic E-state index is 4.41. The van der Waals surface area contributed by atoms with E-state index >= 15 is 0 Å². The minimum Gasteiger partial charge on any atom is -0.353 e. The number of hydrogen-bond acceptors (Lipinski definition) is 2. The summed E-state index contributed by atoms with van der Waals surface area (Å²) in [6.07, 6.45) is 10.5. The summed E-state index contributed by atoms with van der Waals surface area (Å²) in [6, 6.07) is 1.23. The Hall–Kier alpha value is -0.990. The molecular weight excluding hydrogens is 210 g/mol. The van der Waals surface area contributed by atoms with Crippen LogP contribution in [0.4, 0.5) is 5.95 Å². The van der Waals surface area contributed by atoms with Gasteiger partial charge in [0.25, 0.3) is 0 Å². The number of imidazole rings is 1. The monoisotopic (exact) mass is 235 g/mol. The fourth-order valence-electron chi connectivity index (χ4n) is 2.15. The number of nitrogens with one attached hydrogen (secondary N) is 1. The normalized spacial score (nSPS) is 17.4. The summed E-state index contributed by atoms with van der Waals surface area (Å²) in [6.45, 7) is 6.88. The van der Waals surface area contributed by atoms with Gasteiger partial charge in [0.1, 0.15) is 0 Å². The molecule has 1 unspecified atom stereocenters.